The molecule has 0 bridgehead atoms. The van der Waals surface area contributed by atoms with E-state index >= 15 is 0 Å². The number of benzene rings is 1. The van der Waals surface area contributed by atoms with Gasteiger partial charge in [0.1, 0.15) is 5.54 Å². The van der Waals surface area contributed by atoms with Crippen molar-refractivity contribution in [3.8, 4) is 6.07 Å². The van der Waals surface area contributed by atoms with Crippen LogP contribution in [0.5, 0.6) is 0 Å². The maximum absolute atomic E-state index is 9.30. The Balaban J connectivity index is 2.74. The van der Waals surface area contributed by atoms with Crippen molar-refractivity contribution < 1.29 is 0 Å². The van der Waals surface area contributed by atoms with Gasteiger partial charge in [-0.15, -0.1) is 0 Å². The van der Waals surface area contributed by atoms with Gasteiger partial charge in [0.15, 0.2) is 0 Å². The molecule has 0 saturated carbocycles. The van der Waals surface area contributed by atoms with Crippen LogP contribution in [0.25, 0.3) is 0 Å². The number of nitrogens with zero attached hydrogens (tertiary/aromatic N) is 2. The summed E-state index contributed by atoms with van der Waals surface area (Å²) in [7, 11) is 0. The molecule has 0 spiro atoms. The largest absolute Gasteiger partial charge is 0.371 e. The number of aryl methyl sites for hydroxylation is 1. The third kappa shape index (κ3) is 4.25. The summed E-state index contributed by atoms with van der Waals surface area (Å²) in [5.74, 6) is 0. The normalized spacial score (nSPS) is 13.6. The fourth-order valence-corrected chi connectivity index (χ4v) is 2.30. The fraction of sp³-hybridized carbons (Fsp3) is 0.562. The van der Waals surface area contributed by atoms with E-state index in [4.69, 9.17) is 0 Å². The molecule has 3 heteroatoms. The van der Waals surface area contributed by atoms with Crippen molar-refractivity contribution in [2.45, 2.75) is 39.7 Å². The number of hydrogen-bond donors (Lipinski definition) is 1. The van der Waals surface area contributed by atoms with Crippen molar-refractivity contribution in [2.24, 2.45) is 0 Å². The Morgan fingerprint density at radius 3 is 2.53 bits per heavy atom. The van der Waals surface area contributed by atoms with Crippen molar-refractivity contribution in [3.63, 3.8) is 0 Å². The van der Waals surface area contributed by atoms with E-state index in [0.717, 1.165) is 26.1 Å². The summed E-state index contributed by atoms with van der Waals surface area (Å²) in [6.07, 6.45) is 0.819. The van der Waals surface area contributed by atoms with Gasteiger partial charge in [-0.25, -0.2) is 0 Å². The molecule has 0 aromatic heterocycles. The predicted molar refractivity (Wildman–Crippen MR) is 81.4 cm³/mol. The van der Waals surface area contributed by atoms with Crippen LogP contribution in [0.1, 0.15) is 32.8 Å². The molecule has 19 heavy (non-hydrogen) atoms. The molecule has 1 rings (SSSR count). The zero-order valence-electron chi connectivity index (χ0n) is 12.5. The van der Waals surface area contributed by atoms with E-state index < -0.39 is 5.54 Å². The fourth-order valence-electron chi connectivity index (χ4n) is 2.30. The monoisotopic (exact) mass is 259 g/mol. The van der Waals surface area contributed by atoms with E-state index in [1.807, 2.05) is 13.8 Å². The Morgan fingerprint density at radius 1 is 1.32 bits per heavy atom. The Labute approximate surface area is 117 Å². The van der Waals surface area contributed by atoms with Gasteiger partial charge in [0.2, 0.25) is 0 Å². The highest BCUT2D eigenvalue weighted by molar-refractivity contribution is 5.52. The molecule has 104 valence electrons. The first kappa shape index (κ1) is 15.5. The molecule has 1 aromatic carbocycles. The molecule has 0 aliphatic rings. The maximum atomic E-state index is 9.30. The van der Waals surface area contributed by atoms with E-state index in [2.05, 4.69) is 54.4 Å². The Bertz CT molecular complexity index is 436. The van der Waals surface area contributed by atoms with E-state index in [1.165, 1.54) is 11.3 Å². The molecule has 0 aliphatic carbocycles. The van der Waals surface area contributed by atoms with E-state index in [-0.39, 0.29) is 0 Å². The van der Waals surface area contributed by atoms with E-state index in [1.54, 1.807) is 0 Å². The summed E-state index contributed by atoms with van der Waals surface area (Å²) in [6.45, 7) is 11.0. The van der Waals surface area contributed by atoms with Crippen LogP contribution in [-0.2, 0) is 0 Å². The Hall–Kier alpha value is -1.53. The maximum Gasteiger partial charge on any atom is 0.105 e. The van der Waals surface area contributed by atoms with Gasteiger partial charge >= 0.3 is 0 Å². The van der Waals surface area contributed by atoms with Crippen LogP contribution in [0.15, 0.2) is 24.3 Å². The molecule has 1 atom stereocenters. The van der Waals surface area contributed by atoms with Crippen molar-refractivity contribution in [2.75, 3.05) is 24.5 Å². The molecule has 0 aliphatic heterocycles. The Morgan fingerprint density at radius 2 is 2.00 bits per heavy atom. The van der Waals surface area contributed by atoms with Gasteiger partial charge in [0.05, 0.1) is 6.07 Å². The third-order valence-electron chi connectivity index (χ3n) is 3.53. The molecule has 1 N–H and O–H groups in total. The second-order valence-corrected chi connectivity index (χ2v) is 5.09. The quantitative estimate of drug-likeness (QED) is 0.818. The van der Waals surface area contributed by atoms with Gasteiger partial charge in [-0.1, -0.05) is 25.1 Å². The number of para-hydroxylation sites is 1. The second-order valence-electron chi connectivity index (χ2n) is 5.09. The average Bonchev–Trinajstić information content (AvgIpc) is 2.41. The van der Waals surface area contributed by atoms with Crippen LogP contribution in [0.2, 0.25) is 0 Å². The second kappa shape index (κ2) is 7.16. The first-order valence-corrected chi connectivity index (χ1v) is 7.03. The molecule has 0 heterocycles. The molecule has 3 nitrogen and oxygen atoms in total. The lowest BCUT2D eigenvalue weighted by atomic mass is 9.99. The number of hydrogen-bond acceptors (Lipinski definition) is 3. The van der Waals surface area contributed by atoms with Crippen molar-refractivity contribution in [1.29, 1.82) is 5.26 Å². The van der Waals surface area contributed by atoms with Gasteiger partial charge in [0, 0.05) is 18.8 Å². The average molecular weight is 259 g/mol. The highest BCUT2D eigenvalue weighted by atomic mass is 15.1. The highest BCUT2D eigenvalue weighted by Gasteiger charge is 2.23. The summed E-state index contributed by atoms with van der Waals surface area (Å²) in [6, 6.07) is 10.8. The standard InChI is InChI=1S/C16H25N3/c1-5-18-16(4,13-17)11-12-19(6-2)15-10-8-7-9-14(15)3/h7-10,18H,5-6,11-12H2,1-4H3. The van der Waals surface area contributed by atoms with Gasteiger partial charge in [-0.05, 0) is 45.4 Å². The van der Waals surface area contributed by atoms with Crippen LogP contribution in [-0.4, -0.2) is 25.2 Å². The van der Waals surface area contributed by atoms with Crippen molar-refractivity contribution in [1.82, 2.24) is 5.32 Å². The van der Waals surface area contributed by atoms with Gasteiger partial charge in [-0.2, -0.15) is 5.26 Å². The van der Waals surface area contributed by atoms with E-state index in [0.29, 0.717) is 0 Å². The number of anilines is 1. The minimum atomic E-state index is -0.440. The molecule has 0 radical (unpaired) electrons. The smallest absolute Gasteiger partial charge is 0.105 e. The summed E-state index contributed by atoms with van der Waals surface area (Å²) < 4.78 is 0. The summed E-state index contributed by atoms with van der Waals surface area (Å²) >= 11 is 0. The lowest BCUT2D eigenvalue weighted by molar-refractivity contribution is 0.429. The number of nitrogens with one attached hydrogen (secondary N) is 1. The minimum Gasteiger partial charge on any atom is -0.371 e. The van der Waals surface area contributed by atoms with Crippen molar-refractivity contribution in [3.05, 3.63) is 29.8 Å². The SMILES string of the molecule is CCNC(C)(C#N)CCN(CC)c1ccccc1C. The molecule has 1 aromatic rings. The molecule has 1 unspecified atom stereocenters. The Kier molecular flexibility index (Phi) is 5.85. The summed E-state index contributed by atoms with van der Waals surface area (Å²) in [4.78, 5) is 2.34. The van der Waals surface area contributed by atoms with Crippen LogP contribution in [0.4, 0.5) is 5.69 Å². The topological polar surface area (TPSA) is 39.1 Å². The predicted octanol–water partition coefficient (Wildman–Crippen LogP) is 3.10. The lowest BCUT2D eigenvalue weighted by Gasteiger charge is -2.29. The van der Waals surface area contributed by atoms with Crippen LogP contribution in [0, 0.1) is 18.3 Å². The zero-order chi connectivity index (χ0) is 14.3. The molecule has 0 saturated heterocycles. The van der Waals surface area contributed by atoms with Crippen LogP contribution < -0.4 is 10.2 Å². The first-order valence-electron chi connectivity index (χ1n) is 7.03. The van der Waals surface area contributed by atoms with Gasteiger partial charge in [0.25, 0.3) is 0 Å². The molecular weight excluding hydrogens is 234 g/mol. The zero-order valence-corrected chi connectivity index (χ0v) is 12.5. The summed E-state index contributed by atoms with van der Waals surface area (Å²) in [5, 5.41) is 12.6. The highest BCUT2D eigenvalue weighted by Crippen LogP contribution is 2.20. The number of rotatable bonds is 7. The van der Waals surface area contributed by atoms with Crippen LogP contribution >= 0.6 is 0 Å². The molecule has 0 amide bonds. The minimum absolute atomic E-state index is 0.440. The molecular formula is C16H25N3. The van der Waals surface area contributed by atoms with Crippen molar-refractivity contribution >= 4 is 5.69 Å². The summed E-state index contributed by atoms with van der Waals surface area (Å²) in [5.41, 5.74) is 2.11. The van der Waals surface area contributed by atoms with Gasteiger partial charge < -0.3 is 4.90 Å². The lowest BCUT2D eigenvalue weighted by Crippen LogP contribution is -2.43. The third-order valence-corrected chi connectivity index (χ3v) is 3.53. The van der Waals surface area contributed by atoms with Crippen LogP contribution in [0.3, 0.4) is 0 Å². The van der Waals surface area contributed by atoms with Gasteiger partial charge in [-0.3, -0.25) is 5.32 Å². The first-order chi connectivity index (χ1) is 9.06. The van der Waals surface area contributed by atoms with E-state index in [9.17, 15) is 5.26 Å². The number of nitriles is 1. The molecule has 0 fully saturated rings.